The van der Waals surface area contributed by atoms with Gasteiger partial charge in [-0.05, 0) is 11.1 Å². The zero-order chi connectivity index (χ0) is 22.3. The lowest BCUT2D eigenvalue weighted by Gasteiger charge is -2.45. The number of ether oxygens (including phenoxy) is 3. The number of quaternary nitrogens is 1. The van der Waals surface area contributed by atoms with Crippen LogP contribution in [0.3, 0.4) is 0 Å². The first-order valence-corrected chi connectivity index (χ1v) is 11.4. The molecule has 168 valence electrons. The molecule has 3 heterocycles. The number of epoxide rings is 1. The van der Waals surface area contributed by atoms with E-state index < -0.39 is 11.9 Å². The second-order valence-electron chi connectivity index (χ2n) is 9.67. The Hall–Kier alpha value is -2.70. The summed E-state index contributed by atoms with van der Waals surface area (Å²) >= 11 is 0. The van der Waals surface area contributed by atoms with Gasteiger partial charge in [-0.25, -0.2) is 0 Å². The predicted octanol–water partition coefficient (Wildman–Crippen LogP) is 3.20. The van der Waals surface area contributed by atoms with Crippen LogP contribution in [0.4, 0.5) is 0 Å². The minimum Gasteiger partial charge on any atom is -0.461 e. The van der Waals surface area contributed by atoms with E-state index in [0.29, 0.717) is 24.3 Å². The van der Waals surface area contributed by atoms with Crippen LogP contribution in [0.15, 0.2) is 60.7 Å². The second-order valence-corrected chi connectivity index (χ2v) is 9.67. The molecule has 6 heteroatoms. The Morgan fingerprint density at radius 3 is 2.19 bits per heavy atom. The lowest BCUT2D eigenvalue weighted by molar-refractivity contribution is -0.938. The van der Waals surface area contributed by atoms with Crippen LogP contribution in [0, 0.1) is 0 Å². The number of nitrogens with zero attached hydrogens (tertiary/aromatic N) is 1. The molecule has 2 bridgehead atoms. The van der Waals surface area contributed by atoms with Gasteiger partial charge in [-0.15, -0.1) is 0 Å². The van der Waals surface area contributed by atoms with Crippen LogP contribution < -0.4 is 0 Å². The number of carbonyl (C=O) groups is 2. The molecule has 6 nitrogen and oxygen atoms in total. The number of esters is 2. The van der Waals surface area contributed by atoms with Crippen LogP contribution in [0.2, 0.25) is 0 Å². The van der Waals surface area contributed by atoms with Crippen molar-refractivity contribution < 1.29 is 28.3 Å². The molecule has 2 aromatic rings. The minimum atomic E-state index is -0.674. The summed E-state index contributed by atoms with van der Waals surface area (Å²) in [6.45, 7) is 0.192. The molecule has 0 spiro atoms. The third-order valence-electron chi connectivity index (χ3n) is 7.42. The summed E-state index contributed by atoms with van der Waals surface area (Å²) in [6.07, 6.45) is 2.04. The van der Waals surface area contributed by atoms with Crippen molar-refractivity contribution in [1.82, 2.24) is 0 Å². The smallest absolute Gasteiger partial charge is 0.314 e. The highest BCUT2D eigenvalue weighted by Gasteiger charge is 2.70. The van der Waals surface area contributed by atoms with Crippen LogP contribution in [0.25, 0.3) is 0 Å². The molecule has 2 aromatic carbocycles. The third kappa shape index (κ3) is 4.05. The molecule has 0 saturated carbocycles. The topological polar surface area (TPSA) is 65.1 Å². The third-order valence-corrected chi connectivity index (χ3v) is 7.42. The molecule has 0 radical (unpaired) electrons. The molecule has 0 aliphatic carbocycles. The number of morpholine rings is 1. The van der Waals surface area contributed by atoms with Gasteiger partial charge in [0.1, 0.15) is 37.0 Å². The van der Waals surface area contributed by atoms with Crippen LogP contribution in [0.5, 0.6) is 0 Å². The molecular weight excluding hydrogens is 406 g/mol. The highest BCUT2D eigenvalue weighted by atomic mass is 16.6. The van der Waals surface area contributed by atoms with Gasteiger partial charge in [-0.3, -0.25) is 9.59 Å². The molecule has 5 rings (SSSR count). The maximum atomic E-state index is 13.2. The average molecular weight is 437 g/mol. The van der Waals surface area contributed by atoms with Crippen molar-refractivity contribution in [2.24, 2.45) is 0 Å². The zero-order valence-electron chi connectivity index (χ0n) is 18.6. The minimum absolute atomic E-state index is 0.0365. The van der Waals surface area contributed by atoms with Crippen molar-refractivity contribution >= 4 is 11.9 Å². The number of hydrogen-bond donors (Lipinski definition) is 0. The zero-order valence-corrected chi connectivity index (χ0v) is 18.6. The predicted molar refractivity (Wildman–Crippen MR) is 117 cm³/mol. The van der Waals surface area contributed by atoms with E-state index in [1.165, 1.54) is 0 Å². The first-order chi connectivity index (χ1) is 15.4. The number of benzene rings is 2. The molecule has 0 aromatic heterocycles. The van der Waals surface area contributed by atoms with Crippen molar-refractivity contribution in [3.8, 4) is 0 Å². The molecule has 0 amide bonds. The van der Waals surface area contributed by atoms with Gasteiger partial charge in [0.15, 0.2) is 0 Å². The Kier molecular flexibility index (Phi) is 5.51. The summed E-state index contributed by atoms with van der Waals surface area (Å²) in [4.78, 5) is 25.8. The van der Waals surface area contributed by atoms with Gasteiger partial charge in [-0.2, -0.15) is 0 Å². The monoisotopic (exact) mass is 436 g/mol. The Morgan fingerprint density at radius 1 is 0.969 bits per heavy atom. The van der Waals surface area contributed by atoms with E-state index in [4.69, 9.17) is 14.2 Å². The van der Waals surface area contributed by atoms with Crippen molar-refractivity contribution in [2.75, 3.05) is 14.1 Å². The number of likely N-dealkylation sites (N-methyl/N-ethyl adjacent to an activating group) is 1. The molecule has 3 aliphatic rings. The lowest BCUT2D eigenvalue weighted by atomic mass is 9.94. The Bertz CT molecular complexity index is 956. The summed E-state index contributed by atoms with van der Waals surface area (Å²) in [6, 6.07) is 19.6. The molecule has 3 fully saturated rings. The van der Waals surface area contributed by atoms with Crippen LogP contribution in [0.1, 0.15) is 36.3 Å². The van der Waals surface area contributed by atoms with Crippen molar-refractivity contribution in [2.45, 2.75) is 62.2 Å². The van der Waals surface area contributed by atoms with Crippen molar-refractivity contribution in [3.63, 3.8) is 0 Å². The van der Waals surface area contributed by atoms with Gasteiger partial charge in [-0.1, -0.05) is 60.7 Å². The second kappa shape index (κ2) is 8.34. The molecule has 3 saturated heterocycles. The van der Waals surface area contributed by atoms with E-state index in [1.54, 1.807) is 0 Å². The molecule has 3 aliphatic heterocycles. The normalized spacial score (nSPS) is 30.1. The van der Waals surface area contributed by atoms with Crippen LogP contribution in [-0.2, 0) is 30.4 Å². The summed E-state index contributed by atoms with van der Waals surface area (Å²) < 4.78 is 18.2. The van der Waals surface area contributed by atoms with E-state index in [-0.39, 0.29) is 25.1 Å². The van der Waals surface area contributed by atoms with Gasteiger partial charge in [0, 0.05) is 12.8 Å². The number of hydrogen-bond acceptors (Lipinski definition) is 5. The summed E-state index contributed by atoms with van der Waals surface area (Å²) in [5.74, 6) is -1.43. The highest BCUT2D eigenvalue weighted by molar-refractivity contribution is 5.84. The maximum Gasteiger partial charge on any atom is 0.314 e. The van der Waals surface area contributed by atoms with Gasteiger partial charge >= 0.3 is 11.9 Å². The first-order valence-electron chi connectivity index (χ1n) is 11.4. The van der Waals surface area contributed by atoms with Crippen molar-refractivity contribution in [3.05, 3.63) is 71.8 Å². The van der Waals surface area contributed by atoms with Crippen molar-refractivity contribution in [1.29, 1.82) is 0 Å². The molecule has 1 unspecified atom stereocenters. The van der Waals surface area contributed by atoms with E-state index in [9.17, 15) is 9.59 Å². The SMILES string of the molecule is C[N+]1(C)[C@@H]2CC(OC(=O)[C@@H](CC(=O)OCc3ccccc3)c3ccccc3)C[C@H]1[C@@H]1O[C@@H]12. The van der Waals surface area contributed by atoms with Crippen LogP contribution >= 0.6 is 0 Å². The highest BCUT2D eigenvalue weighted by Crippen LogP contribution is 2.51. The largest absolute Gasteiger partial charge is 0.461 e. The quantitative estimate of drug-likeness (QED) is 0.379. The van der Waals surface area contributed by atoms with Gasteiger partial charge < -0.3 is 18.7 Å². The lowest BCUT2D eigenvalue weighted by Crippen LogP contribution is -2.60. The summed E-state index contributed by atoms with van der Waals surface area (Å²) in [7, 11) is 4.50. The summed E-state index contributed by atoms with van der Waals surface area (Å²) in [5.41, 5.74) is 1.69. The van der Waals surface area contributed by atoms with Crippen LogP contribution in [-0.4, -0.2) is 60.9 Å². The molecule has 6 atom stereocenters. The molecule has 0 N–H and O–H groups in total. The summed E-state index contributed by atoms with van der Waals surface area (Å²) in [5, 5.41) is 0. The average Bonchev–Trinajstić information content (AvgIpc) is 3.56. The van der Waals surface area contributed by atoms with Gasteiger partial charge in [0.05, 0.1) is 26.4 Å². The number of rotatable bonds is 7. The van der Waals surface area contributed by atoms with Gasteiger partial charge in [0.25, 0.3) is 0 Å². The molecule has 32 heavy (non-hydrogen) atoms. The van der Waals surface area contributed by atoms with E-state index in [0.717, 1.165) is 28.5 Å². The van der Waals surface area contributed by atoms with Gasteiger partial charge in [0.2, 0.25) is 0 Å². The fourth-order valence-electron chi connectivity index (χ4n) is 5.53. The number of piperidine rings is 1. The first kappa shape index (κ1) is 21.2. The molecular formula is C26H30NO5+. The Labute approximate surface area is 188 Å². The Morgan fingerprint density at radius 2 is 1.56 bits per heavy atom. The maximum absolute atomic E-state index is 13.2. The van der Waals surface area contributed by atoms with E-state index in [2.05, 4.69) is 14.1 Å². The number of fused-ring (bicyclic) bond motifs is 5. The Balaban J connectivity index is 1.24. The fourth-order valence-corrected chi connectivity index (χ4v) is 5.53. The van der Waals surface area contributed by atoms with E-state index >= 15 is 0 Å². The van der Waals surface area contributed by atoms with E-state index in [1.807, 2.05) is 60.7 Å². The standard InChI is InChI=1S/C26H30NO5/c1-27(2)21-13-19(14-22(27)25-24(21)32-25)31-26(29)20(18-11-7-4-8-12-18)15-23(28)30-16-17-9-5-3-6-10-17/h3-12,19-22,24-25H,13-16H2,1-2H3/q+1/t19?,20-,21-,22+,24-,25+/m0/s1. The number of carbonyl (C=O) groups excluding carboxylic acids is 2. The fraction of sp³-hybridized carbons (Fsp3) is 0.462.